The molecule has 0 spiro atoms. The number of carbonyl (C=O) groups excluding carboxylic acids is 6. The lowest BCUT2D eigenvalue weighted by Crippen LogP contribution is -2.56. The van der Waals surface area contributed by atoms with Crippen LogP contribution in [0.5, 0.6) is 5.75 Å². The van der Waals surface area contributed by atoms with Gasteiger partial charge in [-0.15, -0.1) is 0 Å². The number of guanidine groups is 2. The fourth-order valence-electron chi connectivity index (χ4n) is 5.78. The molecule has 0 aromatic heterocycles. The maximum Gasteiger partial charge on any atom is 0.243 e. The zero-order valence-electron chi connectivity index (χ0n) is 31.7. The Labute approximate surface area is 329 Å². The van der Waals surface area contributed by atoms with E-state index in [2.05, 4.69) is 36.6 Å². The van der Waals surface area contributed by atoms with Gasteiger partial charge in [-0.25, -0.2) is 0 Å². The van der Waals surface area contributed by atoms with Gasteiger partial charge in [0.1, 0.15) is 29.9 Å². The largest absolute Gasteiger partial charge is 0.508 e. The van der Waals surface area contributed by atoms with Crippen LogP contribution in [0.3, 0.4) is 0 Å². The summed E-state index contributed by atoms with van der Waals surface area (Å²) in [5.41, 5.74) is 28.3. The van der Waals surface area contributed by atoms with E-state index in [-0.39, 0.29) is 56.4 Å². The summed E-state index contributed by atoms with van der Waals surface area (Å²) in [5, 5.41) is 24.6. The van der Waals surface area contributed by atoms with Crippen molar-refractivity contribution in [3.8, 4) is 5.75 Å². The maximum atomic E-state index is 13.7. The molecule has 3 aromatic carbocycles. The lowest BCUT2D eigenvalue weighted by molar-refractivity contribution is -0.133. The van der Waals surface area contributed by atoms with Gasteiger partial charge in [0, 0.05) is 32.9 Å². The molecule has 306 valence electrons. The molecule has 6 amide bonds. The first-order valence-corrected chi connectivity index (χ1v) is 18.2. The molecule has 0 fully saturated rings. The highest BCUT2D eigenvalue weighted by Crippen LogP contribution is 2.17. The van der Waals surface area contributed by atoms with E-state index in [1.807, 2.05) is 42.5 Å². The number of amides is 6. The van der Waals surface area contributed by atoms with E-state index in [1.54, 1.807) is 12.1 Å². The number of primary amides is 1. The number of carbonyl (C=O) groups is 6. The Kier molecular flexibility index (Phi) is 17.5. The molecule has 0 aliphatic rings. The number of phenols is 1. The molecule has 4 atom stereocenters. The average molecular weight is 789 g/mol. The van der Waals surface area contributed by atoms with Gasteiger partial charge in [-0.3, -0.25) is 38.8 Å². The molecular weight excluding hydrogens is 736 g/mol. The van der Waals surface area contributed by atoms with Gasteiger partial charge in [-0.2, -0.15) is 0 Å². The van der Waals surface area contributed by atoms with Crippen LogP contribution in [0.1, 0.15) is 43.7 Å². The summed E-state index contributed by atoms with van der Waals surface area (Å²) in [6.45, 7) is 1.04. The minimum atomic E-state index is -1.25. The summed E-state index contributed by atoms with van der Waals surface area (Å²) < 4.78 is 0. The van der Waals surface area contributed by atoms with Crippen molar-refractivity contribution in [2.75, 3.05) is 19.6 Å². The molecule has 0 radical (unpaired) electrons. The summed E-state index contributed by atoms with van der Waals surface area (Å²) >= 11 is 0. The third-order valence-electron chi connectivity index (χ3n) is 8.58. The van der Waals surface area contributed by atoms with E-state index < -0.39 is 66.2 Å². The van der Waals surface area contributed by atoms with E-state index in [4.69, 9.17) is 28.7 Å². The average Bonchev–Trinajstić information content (AvgIpc) is 3.15. The molecule has 19 heteroatoms. The monoisotopic (exact) mass is 788 g/mol. The van der Waals surface area contributed by atoms with Crippen LogP contribution in [0.4, 0.5) is 0 Å². The molecule has 57 heavy (non-hydrogen) atoms. The quantitative estimate of drug-likeness (QED) is 0.0300. The molecule has 16 N–H and O–H groups in total. The summed E-state index contributed by atoms with van der Waals surface area (Å²) in [5.74, 6) is -4.42. The Morgan fingerprint density at radius 2 is 1.14 bits per heavy atom. The Balaban J connectivity index is 1.79. The standard InChI is InChI=1S/C38H52N12O7/c1-22(51)47-29(9-5-17-45-38(42)43)35(56)50-30(20-24-10-13-25-6-2-3-7-26(25)18-24)34(55)46-21-32(53)48-31(19-23-11-14-27(52)15-12-23)36(57)49-28(33(39)54)8-4-16-44-37(40)41/h2-3,6-7,10-15,18,28-31,52H,4-5,8-9,16-17,19-21H2,1H3,(H2,39,54)(H,46,55)(H,47,51)(H,48,53)(H,49,57)(H,50,56)(H4,40,41,44)(H4,42,43,45)/t28-,29+,30+,31-/m1/s1. The molecular formula is C38H52N12O7. The van der Waals surface area contributed by atoms with Crippen LogP contribution >= 0.6 is 0 Å². The van der Waals surface area contributed by atoms with E-state index in [9.17, 15) is 33.9 Å². The molecule has 0 unspecified atom stereocenters. The minimum Gasteiger partial charge on any atom is -0.508 e. The van der Waals surface area contributed by atoms with E-state index >= 15 is 0 Å². The number of fused-ring (bicyclic) bond motifs is 1. The first-order valence-electron chi connectivity index (χ1n) is 18.2. The molecule has 3 aromatic rings. The smallest absolute Gasteiger partial charge is 0.243 e. The van der Waals surface area contributed by atoms with Gasteiger partial charge in [0.2, 0.25) is 35.4 Å². The van der Waals surface area contributed by atoms with E-state index in [0.717, 1.165) is 10.8 Å². The van der Waals surface area contributed by atoms with Gasteiger partial charge in [-0.05, 0) is 59.7 Å². The Morgan fingerprint density at radius 1 is 0.614 bits per heavy atom. The lowest BCUT2D eigenvalue weighted by Gasteiger charge is -2.24. The number of nitrogens with zero attached hydrogens (tertiary/aromatic N) is 2. The number of nitrogens with two attached hydrogens (primary N) is 5. The van der Waals surface area contributed by atoms with Crippen LogP contribution in [-0.4, -0.2) is 96.3 Å². The molecule has 0 aliphatic heterocycles. The topological polar surface area (TPSA) is 338 Å². The van der Waals surface area contributed by atoms with Crippen molar-refractivity contribution < 1.29 is 33.9 Å². The highest BCUT2D eigenvalue weighted by Gasteiger charge is 2.29. The predicted molar refractivity (Wildman–Crippen MR) is 215 cm³/mol. The second-order valence-electron chi connectivity index (χ2n) is 13.3. The van der Waals surface area contributed by atoms with Gasteiger partial charge < -0.3 is 60.4 Å². The van der Waals surface area contributed by atoms with Crippen LogP contribution in [-0.2, 0) is 41.6 Å². The number of aromatic hydroxyl groups is 1. The number of nitrogens with one attached hydrogen (secondary N) is 5. The molecule has 0 saturated carbocycles. The first-order chi connectivity index (χ1) is 27.1. The SMILES string of the molecule is CC(=O)N[C@@H](CCCN=C(N)N)C(=O)N[C@@H](Cc1ccc2ccccc2c1)C(=O)NCC(=O)N[C@H](Cc1ccc(O)cc1)C(=O)N[C@H](CCCN=C(N)N)C(N)=O. The minimum absolute atomic E-state index is 0.0132. The zero-order chi connectivity index (χ0) is 41.9. The van der Waals surface area contributed by atoms with Gasteiger partial charge in [0.25, 0.3) is 0 Å². The summed E-state index contributed by atoms with van der Waals surface area (Å²) in [7, 11) is 0. The van der Waals surface area contributed by atoms with Gasteiger partial charge in [0.15, 0.2) is 11.9 Å². The third-order valence-corrected chi connectivity index (χ3v) is 8.58. The fraction of sp³-hybridized carbons (Fsp3) is 0.368. The second kappa shape index (κ2) is 22.5. The van der Waals surface area contributed by atoms with Crippen molar-refractivity contribution in [3.63, 3.8) is 0 Å². The number of benzene rings is 3. The highest BCUT2D eigenvalue weighted by molar-refractivity contribution is 5.95. The van der Waals surface area contributed by atoms with Crippen LogP contribution in [0.2, 0.25) is 0 Å². The molecule has 0 aliphatic carbocycles. The van der Waals surface area contributed by atoms with Crippen LogP contribution < -0.4 is 55.3 Å². The molecule has 0 heterocycles. The molecule has 19 nitrogen and oxygen atoms in total. The van der Waals surface area contributed by atoms with E-state index in [1.165, 1.54) is 19.1 Å². The Hall–Kier alpha value is -6.92. The summed E-state index contributed by atoms with van der Waals surface area (Å²) in [4.78, 5) is 86.1. The molecule has 0 bridgehead atoms. The van der Waals surface area contributed by atoms with Crippen molar-refractivity contribution in [1.82, 2.24) is 26.6 Å². The van der Waals surface area contributed by atoms with Crippen molar-refractivity contribution in [2.45, 2.75) is 69.6 Å². The third kappa shape index (κ3) is 16.1. The number of phenolic OH excluding ortho intramolecular Hbond substituents is 1. The van der Waals surface area contributed by atoms with Gasteiger partial charge in [-0.1, -0.05) is 54.6 Å². The molecule has 3 rings (SSSR count). The number of hydrogen-bond acceptors (Lipinski definition) is 9. The Morgan fingerprint density at radius 3 is 1.74 bits per heavy atom. The van der Waals surface area contributed by atoms with Crippen molar-refractivity contribution >= 4 is 58.1 Å². The summed E-state index contributed by atoms with van der Waals surface area (Å²) in [6.07, 6.45) is 0.889. The number of rotatable bonds is 22. The lowest BCUT2D eigenvalue weighted by atomic mass is 10.0. The van der Waals surface area contributed by atoms with E-state index in [0.29, 0.717) is 24.0 Å². The number of hydrogen-bond donors (Lipinski definition) is 11. The van der Waals surface area contributed by atoms with Crippen molar-refractivity contribution in [2.24, 2.45) is 38.7 Å². The number of aliphatic imine (C=N–C) groups is 2. The van der Waals surface area contributed by atoms with Crippen LogP contribution in [0, 0.1) is 0 Å². The normalized spacial score (nSPS) is 12.8. The van der Waals surface area contributed by atoms with Crippen molar-refractivity contribution in [1.29, 1.82) is 0 Å². The summed E-state index contributed by atoms with van der Waals surface area (Å²) in [6, 6.07) is 14.5. The second-order valence-corrected chi connectivity index (χ2v) is 13.3. The highest BCUT2D eigenvalue weighted by atomic mass is 16.3. The fourth-order valence-corrected chi connectivity index (χ4v) is 5.78. The van der Waals surface area contributed by atoms with Gasteiger partial charge >= 0.3 is 0 Å². The molecule has 0 saturated heterocycles. The first kappa shape index (κ1) is 44.5. The van der Waals surface area contributed by atoms with Crippen LogP contribution in [0.15, 0.2) is 76.7 Å². The maximum absolute atomic E-state index is 13.7. The zero-order valence-corrected chi connectivity index (χ0v) is 31.7. The predicted octanol–water partition coefficient (Wildman–Crippen LogP) is -2.00. The van der Waals surface area contributed by atoms with Crippen molar-refractivity contribution in [3.05, 3.63) is 77.9 Å². The Bertz CT molecular complexity index is 1930. The van der Waals surface area contributed by atoms with Gasteiger partial charge in [0.05, 0.1) is 6.54 Å². The van der Waals surface area contributed by atoms with Crippen LogP contribution in [0.25, 0.3) is 10.8 Å².